The second-order valence-electron chi connectivity index (χ2n) is 3.17. The molecule has 3 nitrogen and oxygen atoms in total. The summed E-state index contributed by atoms with van der Waals surface area (Å²) < 4.78 is 0. The lowest BCUT2D eigenvalue weighted by atomic mass is 10.1. The maximum absolute atomic E-state index is 8.82. The zero-order chi connectivity index (χ0) is 11.5. The summed E-state index contributed by atoms with van der Waals surface area (Å²) in [5.41, 5.74) is 1.72. The van der Waals surface area contributed by atoms with Crippen molar-refractivity contribution in [1.82, 2.24) is 9.97 Å². The van der Waals surface area contributed by atoms with Gasteiger partial charge in [0.05, 0.1) is 10.0 Å². The van der Waals surface area contributed by atoms with Crippen molar-refractivity contribution in [2.45, 2.75) is 6.61 Å². The lowest BCUT2D eigenvalue weighted by Crippen LogP contribution is -1.93. The minimum atomic E-state index is -0.165. The van der Waals surface area contributed by atoms with Gasteiger partial charge in [-0.3, -0.25) is 0 Å². The summed E-state index contributed by atoms with van der Waals surface area (Å²) in [7, 11) is 0. The predicted molar refractivity (Wildman–Crippen MR) is 63.4 cm³/mol. The SMILES string of the molecule is OCc1ncc(-c2ccc(Cl)c(Cl)c2)cn1. The quantitative estimate of drug-likeness (QED) is 0.897. The summed E-state index contributed by atoms with van der Waals surface area (Å²) in [6.45, 7) is -0.165. The lowest BCUT2D eigenvalue weighted by molar-refractivity contribution is 0.271. The molecular weight excluding hydrogens is 247 g/mol. The Labute approximate surface area is 103 Å². The number of halogens is 2. The smallest absolute Gasteiger partial charge is 0.153 e. The highest BCUT2D eigenvalue weighted by Crippen LogP contribution is 2.27. The zero-order valence-corrected chi connectivity index (χ0v) is 9.70. The molecule has 1 N–H and O–H groups in total. The summed E-state index contributed by atoms with van der Waals surface area (Å²) in [6, 6.07) is 5.31. The van der Waals surface area contributed by atoms with Gasteiger partial charge in [-0.25, -0.2) is 9.97 Å². The topological polar surface area (TPSA) is 46.0 Å². The molecule has 0 saturated carbocycles. The van der Waals surface area contributed by atoms with Crippen LogP contribution in [0.4, 0.5) is 0 Å². The highest BCUT2D eigenvalue weighted by molar-refractivity contribution is 6.42. The van der Waals surface area contributed by atoms with Gasteiger partial charge in [-0.05, 0) is 17.7 Å². The van der Waals surface area contributed by atoms with Crippen LogP contribution in [0.25, 0.3) is 11.1 Å². The fraction of sp³-hybridized carbons (Fsp3) is 0.0909. The Balaban J connectivity index is 2.38. The minimum absolute atomic E-state index is 0.165. The van der Waals surface area contributed by atoms with Crippen LogP contribution in [0.1, 0.15) is 5.82 Å². The molecule has 82 valence electrons. The lowest BCUT2D eigenvalue weighted by Gasteiger charge is -2.03. The molecule has 0 atom stereocenters. The number of aliphatic hydroxyl groups is 1. The Morgan fingerprint density at radius 1 is 1.00 bits per heavy atom. The van der Waals surface area contributed by atoms with E-state index in [1.54, 1.807) is 24.5 Å². The molecule has 0 aliphatic heterocycles. The van der Waals surface area contributed by atoms with E-state index in [4.69, 9.17) is 28.3 Å². The van der Waals surface area contributed by atoms with E-state index < -0.39 is 0 Å². The van der Waals surface area contributed by atoms with Crippen molar-refractivity contribution in [3.05, 3.63) is 46.5 Å². The molecule has 5 heteroatoms. The summed E-state index contributed by atoms with van der Waals surface area (Å²) in [4.78, 5) is 7.98. The Morgan fingerprint density at radius 3 is 2.25 bits per heavy atom. The van der Waals surface area contributed by atoms with E-state index in [2.05, 4.69) is 9.97 Å². The van der Waals surface area contributed by atoms with Gasteiger partial charge in [0.25, 0.3) is 0 Å². The van der Waals surface area contributed by atoms with Crippen LogP contribution in [-0.4, -0.2) is 15.1 Å². The standard InChI is InChI=1S/C11H8Cl2N2O/c12-9-2-1-7(3-10(9)13)8-4-14-11(6-16)15-5-8/h1-5,16H,6H2. The van der Waals surface area contributed by atoms with Gasteiger partial charge < -0.3 is 5.11 Å². The molecule has 2 rings (SSSR count). The molecule has 0 amide bonds. The van der Waals surface area contributed by atoms with Crippen molar-refractivity contribution in [2.24, 2.45) is 0 Å². The average Bonchev–Trinajstić information content (AvgIpc) is 2.33. The average molecular weight is 255 g/mol. The number of aliphatic hydroxyl groups excluding tert-OH is 1. The van der Waals surface area contributed by atoms with E-state index >= 15 is 0 Å². The van der Waals surface area contributed by atoms with Crippen LogP contribution >= 0.6 is 23.2 Å². The maximum atomic E-state index is 8.82. The van der Waals surface area contributed by atoms with Crippen LogP contribution in [0.3, 0.4) is 0 Å². The van der Waals surface area contributed by atoms with E-state index in [-0.39, 0.29) is 6.61 Å². The van der Waals surface area contributed by atoms with E-state index in [0.29, 0.717) is 15.9 Å². The molecule has 0 bridgehead atoms. The molecule has 1 aromatic carbocycles. The second-order valence-corrected chi connectivity index (χ2v) is 3.99. The third kappa shape index (κ3) is 2.32. The summed E-state index contributed by atoms with van der Waals surface area (Å²) in [5.74, 6) is 0.392. The second kappa shape index (κ2) is 4.78. The Bertz CT molecular complexity index is 500. The number of benzene rings is 1. The predicted octanol–water partition coefficient (Wildman–Crippen LogP) is 2.94. The van der Waals surface area contributed by atoms with Crippen molar-refractivity contribution in [3.8, 4) is 11.1 Å². The van der Waals surface area contributed by atoms with E-state index in [1.807, 2.05) is 6.07 Å². The molecule has 2 aromatic rings. The van der Waals surface area contributed by atoms with E-state index in [1.165, 1.54) is 0 Å². The first-order valence-corrected chi connectivity index (χ1v) is 5.33. The molecular formula is C11H8Cl2N2O. The molecule has 0 fully saturated rings. The van der Waals surface area contributed by atoms with Gasteiger partial charge in [-0.1, -0.05) is 29.3 Å². The first-order valence-electron chi connectivity index (χ1n) is 4.58. The molecule has 16 heavy (non-hydrogen) atoms. The number of hydrogen-bond acceptors (Lipinski definition) is 3. The number of rotatable bonds is 2. The van der Waals surface area contributed by atoms with Crippen LogP contribution < -0.4 is 0 Å². The van der Waals surface area contributed by atoms with E-state index in [0.717, 1.165) is 11.1 Å². The molecule has 1 heterocycles. The molecule has 0 aliphatic rings. The molecule has 0 aliphatic carbocycles. The minimum Gasteiger partial charge on any atom is -0.388 e. The van der Waals surface area contributed by atoms with Gasteiger partial charge in [-0.15, -0.1) is 0 Å². The summed E-state index contributed by atoms with van der Waals surface area (Å²) >= 11 is 11.7. The van der Waals surface area contributed by atoms with Crippen molar-refractivity contribution < 1.29 is 5.11 Å². The third-order valence-corrected chi connectivity index (χ3v) is 2.84. The first kappa shape index (κ1) is 11.3. The Hall–Kier alpha value is -1.16. The van der Waals surface area contributed by atoms with Crippen LogP contribution in [-0.2, 0) is 6.61 Å². The number of hydrogen-bond donors (Lipinski definition) is 1. The number of nitrogens with zero attached hydrogens (tertiary/aromatic N) is 2. The van der Waals surface area contributed by atoms with Gasteiger partial charge in [0.1, 0.15) is 6.61 Å². The number of aromatic nitrogens is 2. The largest absolute Gasteiger partial charge is 0.388 e. The van der Waals surface area contributed by atoms with Crippen LogP contribution in [0, 0.1) is 0 Å². The fourth-order valence-corrected chi connectivity index (χ4v) is 1.56. The van der Waals surface area contributed by atoms with E-state index in [9.17, 15) is 0 Å². The van der Waals surface area contributed by atoms with Gasteiger partial charge in [0.15, 0.2) is 5.82 Å². The Morgan fingerprint density at radius 2 is 1.69 bits per heavy atom. The molecule has 1 aromatic heterocycles. The van der Waals surface area contributed by atoms with Gasteiger partial charge >= 0.3 is 0 Å². The monoisotopic (exact) mass is 254 g/mol. The third-order valence-electron chi connectivity index (χ3n) is 2.10. The van der Waals surface area contributed by atoms with Crippen molar-refractivity contribution in [2.75, 3.05) is 0 Å². The summed E-state index contributed by atoms with van der Waals surface area (Å²) in [6.07, 6.45) is 3.27. The highest BCUT2D eigenvalue weighted by Gasteiger charge is 2.03. The van der Waals surface area contributed by atoms with Crippen molar-refractivity contribution in [3.63, 3.8) is 0 Å². The van der Waals surface area contributed by atoms with Crippen LogP contribution in [0.15, 0.2) is 30.6 Å². The molecule has 0 radical (unpaired) electrons. The summed E-state index contributed by atoms with van der Waals surface area (Å²) in [5, 5.41) is 9.82. The normalized spacial score (nSPS) is 10.4. The fourth-order valence-electron chi connectivity index (χ4n) is 1.26. The van der Waals surface area contributed by atoms with Crippen molar-refractivity contribution >= 4 is 23.2 Å². The van der Waals surface area contributed by atoms with Crippen LogP contribution in [0.2, 0.25) is 10.0 Å². The van der Waals surface area contributed by atoms with Crippen LogP contribution in [0.5, 0.6) is 0 Å². The van der Waals surface area contributed by atoms with Gasteiger partial charge in [0, 0.05) is 18.0 Å². The molecule has 0 saturated heterocycles. The molecule has 0 spiro atoms. The van der Waals surface area contributed by atoms with Crippen molar-refractivity contribution in [1.29, 1.82) is 0 Å². The highest BCUT2D eigenvalue weighted by atomic mass is 35.5. The zero-order valence-electron chi connectivity index (χ0n) is 8.19. The Kier molecular flexibility index (Phi) is 3.39. The maximum Gasteiger partial charge on any atom is 0.153 e. The van der Waals surface area contributed by atoms with Gasteiger partial charge in [0.2, 0.25) is 0 Å². The van der Waals surface area contributed by atoms with Gasteiger partial charge in [-0.2, -0.15) is 0 Å². The first-order chi connectivity index (χ1) is 7.70. The molecule has 0 unspecified atom stereocenters.